The van der Waals surface area contributed by atoms with Crippen molar-refractivity contribution in [2.24, 2.45) is 0 Å². The summed E-state index contributed by atoms with van der Waals surface area (Å²) in [4.78, 5) is 0. The lowest BCUT2D eigenvalue weighted by Crippen LogP contribution is -2.25. The molecule has 14 aromatic carbocycles. The lowest BCUT2D eigenvalue weighted by atomic mass is 9.70. The Balaban J connectivity index is 0.000000110. The molecule has 0 nitrogen and oxygen atoms in total. The molecule has 0 N–H and O–H groups in total. The van der Waals surface area contributed by atoms with Crippen LogP contribution in [0.4, 0.5) is 0 Å². The second kappa shape index (κ2) is 36.5. The van der Waals surface area contributed by atoms with E-state index in [9.17, 15) is 0 Å². The molecular weight excluding hydrogens is 1420 g/mol. The Morgan fingerprint density at radius 1 is 0.237 bits per heavy atom. The van der Waals surface area contributed by atoms with Crippen molar-refractivity contribution in [1.29, 1.82) is 0 Å². The van der Waals surface area contributed by atoms with Crippen molar-refractivity contribution in [2.45, 2.75) is 221 Å². The average molecular weight is 1540 g/mol. The molecule has 0 aliphatic heterocycles. The first-order valence-electron chi connectivity index (χ1n) is 44.7. The van der Waals surface area contributed by atoms with E-state index in [4.69, 9.17) is 0 Å². The molecule has 0 saturated heterocycles. The predicted octanol–water partition coefficient (Wildman–Crippen LogP) is 32.9. The second-order valence-electron chi connectivity index (χ2n) is 36.0. The Morgan fingerprint density at radius 3 is 1.15 bits per heavy atom. The maximum absolute atomic E-state index is 2.52. The van der Waals surface area contributed by atoms with Crippen LogP contribution in [0.3, 0.4) is 0 Å². The minimum absolute atomic E-state index is 0.151. The van der Waals surface area contributed by atoms with Crippen LogP contribution >= 0.6 is 0 Å². The zero-order chi connectivity index (χ0) is 82.1. The van der Waals surface area contributed by atoms with E-state index in [2.05, 4.69) is 393 Å². The minimum atomic E-state index is 0.151. The van der Waals surface area contributed by atoms with Crippen LogP contribution < -0.4 is 0 Å². The first-order valence-corrected chi connectivity index (χ1v) is 44.7. The Kier molecular flexibility index (Phi) is 25.4. The van der Waals surface area contributed by atoms with E-state index in [-0.39, 0.29) is 16.2 Å². The molecule has 596 valence electrons. The Hall–Kier alpha value is -10.9. The van der Waals surface area contributed by atoms with Crippen LogP contribution in [0.1, 0.15) is 256 Å². The minimum Gasteiger partial charge on any atom is -0.0654 e. The fraction of sp³-hybridized carbons (Fsp3) is 0.288. The normalized spacial score (nSPS) is 13.8. The first-order chi connectivity index (χ1) is 57.4. The maximum Gasteiger partial charge on any atom is 0.0215 e. The molecule has 0 heteroatoms. The van der Waals surface area contributed by atoms with Gasteiger partial charge in [0.05, 0.1) is 0 Å². The molecule has 0 spiro atoms. The van der Waals surface area contributed by atoms with Crippen molar-refractivity contribution in [2.75, 3.05) is 0 Å². The zero-order valence-electron chi connectivity index (χ0n) is 73.0. The molecule has 0 atom stereocenters. The summed E-state index contributed by atoms with van der Waals surface area (Å²) in [6.07, 6.45) is 22.6. The largest absolute Gasteiger partial charge is 0.0654 e. The van der Waals surface area contributed by atoms with Crippen LogP contribution in [0.2, 0.25) is 0 Å². The molecule has 0 bridgehead atoms. The van der Waals surface area contributed by atoms with Gasteiger partial charge in [-0.3, -0.25) is 0 Å². The van der Waals surface area contributed by atoms with Gasteiger partial charge in [0.2, 0.25) is 0 Å². The highest BCUT2D eigenvalue weighted by molar-refractivity contribution is 5.85. The fourth-order valence-electron chi connectivity index (χ4n) is 20.6. The number of unbranched alkanes of at least 4 members (excludes halogenated alkanes) is 10. The van der Waals surface area contributed by atoms with Gasteiger partial charge >= 0.3 is 0 Å². The first kappa shape index (κ1) is 82.2. The molecular formula is C118H124. The second-order valence-corrected chi connectivity index (χ2v) is 36.0. The quantitative estimate of drug-likeness (QED) is 0.0952. The predicted molar refractivity (Wildman–Crippen MR) is 509 cm³/mol. The third kappa shape index (κ3) is 17.1. The van der Waals surface area contributed by atoms with Gasteiger partial charge in [-0.25, -0.2) is 0 Å². The van der Waals surface area contributed by atoms with Gasteiger partial charge in [-0.2, -0.15) is 0 Å². The summed E-state index contributed by atoms with van der Waals surface area (Å²) in [5.74, 6) is 0.558. The van der Waals surface area contributed by atoms with Gasteiger partial charge in [-0.15, -0.1) is 0 Å². The molecule has 118 heavy (non-hydrogen) atoms. The number of benzene rings is 14. The number of hydrogen-bond acceptors (Lipinski definition) is 0. The highest BCUT2D eigenvalue weighted by atomic mass is 14.5. The smallest absolute Gasteiger partial charge is 0.0215 e. The number of fused-ring (bicyclic) bond motifs is 21. The SMILES string of the molecule is CC1c2ccccc2-c2ccccc21.CCCCCCCCC1(CCCCCCCC)c2ccccc2-c2ccc(C)cc21.Cc1ccc2c(c1)-c1ccccc1C2.Cc1ccc2c(c1)-c1ccccc1C2(C)C.Cc1ccc2c(c1)C(C)(C)c1ccccc1-2.Cc1ccc2c(c1)Cc1ccccc1-2.Cc1cccc2c1-c1ccccc1C2. The Morgan fingerprint density at radius 2 is 0.576 bits per heavy atom. The van der Waals surface area contributed by atoms with Gasteiger partial charge in [-0.1, -0.05) is 457 Å². The third-order valence-corrected chi connectivity index (χ3v) is 26.9. The van der Waals surface area contributed by atoms with Crippen molar-refractivity contribution in [1.82, 2.24) is 0 Å². The van der Waals surface area contributed by atoms with Crippen LogP contribution in [-0.4, -0.2) is 0 Å². The van der Waals surface area contributed by atoms with E-state index in [1.54, 1.807) is 11.1 Å². The van der Waals surface area contributed by atoms with E-state index in [0.29, 0.717) is 5.92 Å². The van der Waals surface area contributed by atoms with Crippen LogP contribution in [0.15, 0.2) is 303 Å². The molecule has 0 aromatic heterocycles. The lowest BCUT2D eigenvalue weighted by molar-refractivity contribution is 0.397. The van der Waals surface area contributed by atoms with Gasteiger partial charge in [-0.05, 0) is 235 Å². The molecule has 14 aromatic rings. The lowest BCUT2D eigenvalue weighted by Gasteiger charge is -2.33. The van der Waals surface area contributed by atoms with Crippen LogP contribution in [-0.2, 0) is 35.5 Å². The summed E-state index contributed by atoms with van der Waals surface area (Å²) in [5.41, 5.74) is 49.7. The maximum atomic E-state index is 2.52. The number of hydrogen-bond donors (Lipinski definition) is 0. The van der Waals surface area contributed by atoms with Crippen molar-refractivity contribution >= 4 is 0 Å². The molecule has 0 heterocycles. The summed E-state index contributed by atoms with van der Waals surface area (Å²) in [6.45, 7) is 29.3. The topological polar surface area (TPSA) is 0 Å². The van der Waals surface area contributed by atoms with Crippen molar-refractivity contribution in [3.05, 3.63) is 415 Å². The average Bonchev–Trinajstić information content (AvgIpc) is 1.60. The van der Waals surface area contributed by atoms with E-state index >= 15 is 0 Å². The van der Waals surface area contributed by atoms with Gasteiger partial charge in [0.25, 0.3) is 0 Å². The third-order valence-electron chi connectivity index (χ3n) is 26.9. The van der Waals surface area contributed by atoms with Crippen molar-refractivity contribution < 1.29 is 0 Å². The Labute approximate surface area is 709 Å². The molecule has 0 fully saturated rings. The summed E-state index contributed by atoms with van der Waals surface area (Å²) in [6, 6.07) is 111. The molecule has 0 unspecified atom stereocenters. The van der Waals surface area contributed by atoms with Crippen LogP contribution in [0.25, 0.3) is 77.9 Å². The number of aryl methyl sites for hydroxylation is 6. The molecule has 0 radical (unpaired) electrons. The summed E-state index contributed by atoms with van der Waals surface area (Å²) < 4.78 is 0. The highest BCUT2D eigenvalue weighted by Gasteiger charge is 2.43. The van der Waals surface area contributed by atoms with Gasteiger partial charge in [0.15, 0.2) is 0 Å². The molecule has 0 amide bonds. The zero-order valence-corrected chi connectivity index (χ0v) is 73.0. The van der Waals surface area contributed by atoms with E-state index in [0.717, 1.165) is 19.3 Å². The molecule has 21 rings (SSSR count). The van der Waals surface area contributed by atoms with Gasteiger partial charge in [0.1, 0.15) is 0 Å². The van der Waals surface area contributed by atoms with Crippen LogP contribution in [0, 0.1) is 41.5 Å². The fourth-order valence-corrected chi connectivity index (χ4v) is 20.6. The highest BCUT2D eigenvalue weighted by Crippen LogP contribution is 2.56. The summed E-state index contributed by atoms with van der Waals surface area (Å²) >= 11 is 0. The number of rotatable bonds is 14. The molecule has 0 saturated carbocycles. The molecule has 7 aliphatic rings. The van der Waals surface area contributed by atoms with Crippen LogP contribution in [0.5, 0.6) is 0 Å². The van der Waals surface area contributed by atoms with Crippen molar-refractivity contribution in [3.63, 3.8) is 0 Å². The van der Waals surface area contributed by atoms with Crippen molar-refractivity contribution in [3.8, 4) is 77.9 Å². The monoisotopic (exact) mass is 1540 g/mol. The molecule has 7 aliphatic carbocycles. The van der Waals surface area contributed by atoms with E-state index in [1.165, 1.54) is 268 Å². The standard InChI is InChI=1S/C30H44.2C16H16.4C14H12/c1-4-6-8-10-12-16-22-30(23-17-13-11-9-7-5-2)28-19-15-14-18-26(28)27-21-20-25(3)24-29(27)30;1-11-8-9-15-13(10-11)12-6-4-5-7-14(12)16(15,2)3;1-11-8-9-13-12-6-4-5-7-14(12)16(2,3)15(13)10-11;1-10-11-6-2-4-8-13(11)14-9-5-3-7-12(10)14;1-10-5-4-7-12-9-11-6-2-3-8-13(11)14(10)12;1-10-6-7-14-12(8-10)9-11-4-2-3-5-13(11)14;1-10-6-7-12-9-11-4-2-3-5-13(11)14(12)8-10/h14-15,18-21,24H,4-13,16-17,22-23H2,1-3H3;2*4-10H,1-3H3;2-10H,1H3;3*2-8H,9H2,1H3. The summed E-state index contributed by atoms with van der Waals surface area (Å²) in [5, 5.41) is 0. The summed E-state index contributed by atoms with van der Waals surface area (Å²) in [7, 11) is 0. The van der Waals surface area contributed by atoms with E-state index < -0.39 is 0 Å². The van der Waals surface area contributed by atoms with Gasteiger partial charge in [0, 0.05) is 22.2 Å². The Bertz CT molecular complexity index is 5810. The van der Waals surface area contributed by atoms with E-state index in [1.807, 2.05) is 0 Å². The van der Waals surface area contributed by atoms with Gasteiger partial charge < -0.3 is 0 Å².